The van der Waals surface area contributed by atoms with Crippen molar-refractivity contribution in [3.05, 3.63) is 0 Å². The summed E-state index contributed by atoms with van der Waals surface area (Å²) in [7, 11) is 0. The molecule has 0 spiro atoms. The summed E-state index contributed by atoms with van der Waals surface area (Å²) in [4.78, 5) is 33.0. The van der Waals surface area contributed by atoms with Gasteiger partial charge in [0.15, 0.2) is 0 Å². The third-order valence-corrected chi connectivity index (χ3v) is 2.56. The Kier molecular flexibility index (Phi) is 4.93. The molecule has 0 bridgehead atoms. The van der Waals surface area contributed by atoms with E-state index in [4.69, 9.17) is 5.11 Å². The standard InChI is InChI=1S/C11H18N2O4/c1-7(5-10(15)16)4-9(14)13-11(17)12-6-8-2-3-8/h7-8H,2-6H2,1H3,(H,15,16)(H2,12,13,14,17). The van der Waals surface area contributed by atoms with Crippen LogP contribution in [0.3, 0.4) is 0 Å². The van der Waals surface area contributed by atoms with E-state index in [2.05, 4.69) is 10.6 Å². The van der Waals surface area contributed by atoms with Crippen molar-refractivity contribution in [3.8, 4) is 0 Å². The van der Waals surface area contributed by atoms with E-state index in [1.54, 1.807) is 6.92 Å². The van der Waals surface area contributed by atoms with Crippen molar-refractivity contribution in [1.29, 1.82) is 0 Å². The minimum atomic E-state index is -0.941. The van der Waals surface area contributed by atoms with Gasteiger partial charge in [0.2, 0.25) is 5.91 Å². The molecule has 0 aromatic rings. The Morgan fingerprint density at radius 3 is 2.47 bits per heavy atom. The van der Waals surface area contributed by atoms with Crippen LogP contribution in [-0.2, 0) is 9.59 Å². The Morgan fingerprint density at radius 2 is 1.94 bits per heavy atom. The van der Waals surface area contributed by atoms with Gasteiger partial charge in [0.05, 0.1) is 0 Å². The first-order chi connectivity index (χ1) is 7.97. The van der Waals surface area contributed by atoms with E-state index in [9.17, 15) is 14.4 Å². The minimum absolute atomic E-state index is 0.0448. The quantitative estimate of drug-likeness (QED) is 0.639. The van der Waals surface area contributed by atoms with Gasteiger partial charge in [-0.3, -0.25) is 14.9 Å². The molecule has 0 saturated heterocycles. The molecule has 1 unspecified atom stereocenters. The summed E-state index contributed by atoms with van der Waals surface area (Å²) in [6.45, 7) is 2.26. The first-order valence-electron chi connectivity index (χ1n) is 5.77. The lowest BCUT2D eigenvalue weighted by atomic mass is 10.0. The molecule has 1 rings (SSSR count). The summed E-state index contributed by atoms with van der Waals surface area (Å²) in [5.74, 6) is -1.10. The molecule has 3 N–H and O–H groups in total. The number of carbonyl (C=O) groups is 3. The van der Waals surface area contributed by atoms with E-state index in [1.807, 2.05) is 0 Å². The van der Waals surface area contributed by atoms with Gasteiger partial charge in [-0.05, 0) is 24.7 Å². The number of hydrogen-bond acceptors (Lipinski definition) is 3. The molecule has 0 aromatic heterocycles. The van der Waals surface area contributed by atoms with Gasteiger partial charge in [0.1, 0.15) is 0 Å². The monoisotopic (exact) mass is 242 g/mol. The number of amides is 3. The number of rotatable bonds is 6. The van der Waals surface area contributed by atoms with Crippen molar-refractivity contribution >= 4 is 17.9 Å². The van der Waals surface area contributed by atoms with Crippen LogP contribution in [0.4, 0.5) is 4.79 Å². The summed E-state index contributed by atoms with van der Waals surface area (Å²) in [5, 5.41) is 13.3. The van der Waals surface area contributed by atoms with E-state index in [0.717, 1.165) is 12.8 Å². The summed E-state index contributed by atoms with van der Waals surface area (Å²) < 4.78 is 0. The summed E-state index contributed by atoms with van der Waals surface area (Å²) in [5.41, 5.74) is 0. The van der Waals surface area contributed by atoms with Crippen LogP contribution < -0.4 is 10.6 Å². The van der Waals surface area contributed by atoms with Crippen LogP contribution in [0.25, 0.3) is 0 Å². The van der Waals surface area contributed by atoms with Gasteiger partial charge in [-0.25, -0.2) is 4.79 Å². The average Bonchev–Trinajstić information content (AvgIpc) is 2.95. The van der Waals surface area contributed by atoms with E-state index in [-0.39, 0.29) is 18.8 Å². The molecule has 17 heavy (non-hydrogen) atoms. The zero-order valence-electron chi connectivity index (χ0n) is 9.86. The van der Waals surface area contributed by atoms with Crippen LogP contribution in [0.15, 0.2) is 0 Å². The fourth-order valence-electron chi connectivity index (χ4n) is 1.47. The molecule has 1 atom stereocenters. The second-order valence-corrected chi connectivity index (χ2v) is 4.61. The van der Waals surface area contributed by atoms with E-state index >= 15 is 0 Å². The van der Waals surface area contributed by atoms with Crippen molar-refractivity contribution < 1.29 is 19.5 Å². The summed E-state index contributed by atoms with van der Waals surface area (Å²) >= 11 is 0. The number of imide groups is 1. The lowest BCUT2D eigenvalue weighted by Crippen LogP contribution is -2.40. The topological polar surface area (TPSA) is 95.5 Å². The van der Waals surface area contributed by atoms with Gasteiger partial charge in [0, 0.05) is 19.4 Å². The van der Waals surface area contributed by atoms with Crippen LogP contribution in [0.5, 0.6) is 0 Å². The van der Waals surface area contributed by atoms with Crippen LogP contribution in [0, 0.1) is 11.8 Å². The average molecular weight is 242 g/mol. The Morgan fingerprint density at radius 1 is 1.29 bits per heavy atom. The first kappa shape index (κ1) is 13.5. The fraction of sp³-hybridized carbons (Fsp3) is 0.727. The maximum atomic E-state index is 11.3. The van der Waals surface area contributed by atoms with E-state index < -0.39 is 17.9 Å². The molecular weight excluding hydrogens is 224 g/mol. The second-order valence-electron chi connectivity index (χ2n) is 4.61. The van der Waals surface area contributed by atoms with Crippen molar-refractivity contribution in [2.75, 3.05) is 6.54 Å². The minimum Gasteiger partial charge on any atom is -0.481 e. The lowest BCUT2D eigenvalue weighted by molar-refractivity contribution is -0.138. The first-order valence-corrected chi connectivity index (χ1v) is 5.77. The fourth-order valence-corrected chi connectivity index (χ4v) is 1.47. The van der Waals surface area contributed by atoms with Crippen molar-refractivity contribution in [1.82, 2.24) is 10.6 Å². The number of aliphatic carboxylic acids is 1. The molecule has 1 aliphatic rings. The largest absolute Gasteiger partial charge is 0.481 e. The third-order valence-electron chi connectivity index (χ3n) is 2.56. The van der Waals surface area contributed by atoms with Crippen molar-refractivity contribution in [3.63, 3.8) is 0 Å². The number of urea groups is 1. The Bertz CT molecular complexity index is 313. The highest BCUT2D eigenvalue weighted by molar-refractivity contribution is 5.94. The molecule has 6 heteroatoms. The molecule has 0 heterocycles. The number of nitrogens with one attached hydrogen (secondary N) is 2. The van der Waals surface area contributed by atoms with Crippen LogP contribution in [-0.4, -0.2) is 29.6 Å². The zero-order chi connectivity index (χ0) is 12.8. The van der Waals surface area contributed by atoms with Gasteiger partial charge in [-0.2, -0.15) is 0 Å². The van der Waals surface area contributed by atoms with Gasteiger partial charge in [-0.15, -0.1) is 0 Å². The predicted octanol–water partition coefficient (Wildman–Crippen LogP) is 0.723. The maximum absolute atomic E-state index is 11.3. The van der Waals surface area contributed by atoms with Gasteiger partial charge < -0.3 is 10.4 Å². The van der Waals surface area contributed by atoms with E-state index in [0.29, 0.717) is 12.5 Å². The summed E-state index contributed by atoms with van der Waals surface area (Å²) in [6, 6.07) is -0.496. The van der Waals surface area contributed by atoms with Crippen LogP contribution in [0.2, 0.25) is 0 Å². The molecule has 1 fully saturated rings. The molecular formula is C11H18N2O4. The molecule has 0 aromatic carbocycles. The number of carboxylic acid groups (broad SMARTS) is 1. The molecule has 3 amide bonds. The third kappa shape index (κ3) is 6.55. The Labute approximate surface area is 99.8 Å². The van der Waals surface area contributed by atoms with Gasteiger partial charge in [0.25, 0.3) is 0 Å². The second kappa shape index (κ2) is 6.22. The zero-order valence-corrected chi connectivity index (χ0v) is 9.86. The SMILES string of the molecule is CC(CC(=O)O)CC(=O)NC(=O)NCC1CC1. The lowest BCUT2D eigenvalue weighted by Gasteiger charge is -2.09. The highest BCUT2D eigenvalue weighted by atomic mass is 16.4. The molecule has 1 saturated carbocycles. The van der Waals surface area contributed by atoms with Gasteiger partial charge in [-0.1, -0.05) is 6.92 Å². The highest BCUT2D eigenvalue weighted by Crippen LogP contribution is 2.27. The smallest absolute Gasteiger partial charge is 0.321 e. The summed E-state index contributed by atoms with van der Waals surface area (Å²) in [6.07, 6.45) is 2.23. The van der Waals surface area contributed by atoms with Crippen LogP contribution >= 0.6 is 0 Å². The number of hydrogen-bond donors (Lipinski definition) is 3. The highest BCUT2D eigenvalue weighted by Gasteiger charge is 2.22. The maximum Gasteiger partial charge on any atom is 0.321 e. The van der Waals surface area contributed by atoms with Crippen LogP contribution in [0.1, 0.15) is 32.6 Å². The molecule has 1 aliphatic carbocycles. The molecule has 96 valence electrons. The number of carbonyl (C=O) groups excluding carboxylic acids is 2. The molecule has 0 aliphatic heterocycles. The van der Waals surface area contributed by atoms with Gasteiger partial charge >= 0.3 is 12.0 Å². The van der Waals surface area contributed by atoms with Crippen molar-refractivity contribution in [2.24, 2.45) is 11.8 Å². The molecule has 6 nitrogen and oxygen atoms in total. The van der Waals surface area contributed by atoms with Crippen molar-refractivity contribution in [2.45, 2.75) is 32.6 Å². The predicted molar refractivity (Wildman–Crippen MR) is 60.3 cm³/mol. The Hall–Kier alpha value is -1.59. The molecule has 0 radical (unpaired) electrons. The number of carboxylic acids is 1. The Balaban J connectivity index is 2.13. The normalized spacial score (nSPS) is 16.1. The van der Waals surface area contributed by atoms with E-state index in [1.165, 1.54) is 0 Å².